The van der Waals surface area contributed by atoms with Gasteiger partial charge in [0.05, 0.1) is 12.7 Å². The van der Waals surface area contributed by atoms with Crippen molar-refractivity contribution in [1.82, 2.24) is 0 Å². The zero-order valence-electron chi connectivity index (χ0n) is 9.63. The number of ether oxygens (including phenoxy) is 2. The van der Waals surface area contributed by atoms with Crippen LogP contribution in [-0.2, 0) is 22.3 Å². The van der Waals surface area contributed by atoms with Gasteiger partial charge in [0.1, 0.15) is 6.10 Å². The molecule has 0 radical (unpaired) electrons. The standard InChI is InChI=1S/C14H16O3/c15-12-13-16-8-11(17-13)7-14(12)5-9-3-1-2-4-10(9)6-14/h1-4,11-13,15H,5-8H2/t11-,12+,13+/m0/s1. The zero-order chi connectivity index (χ0) is 11.5. The first-order valence-corrected chi connectivity index (χ1v) is 6.29. The van der Waals surface area contributed by atoms with E-state index in [9.17, 15) is 5.11 Å². The lowest BCUT2D eigenvalue weighted by Gasteiger charge is -2.40. The van der Waals surface area contributed by atoms with Crippen LogP contribution >= 0.6 is 0 Å². The summed E-state index contributed by atoms with van der Waals surface area (Å²) in [6.07, 6.45) is 2.13. The van der Waals surface area contributed by atoms with E-state index in [1.54, 1.807) is 0 Å². The van der Waals surface area contributed by atoms with Crippen LogP contribution in [0.3, 0.4) is 0 Å². The van der Waals surface area contributed by atoms with Crippen molar-refractivity contribution in [3.8, 4) is 0 Å². The van der Waals surface area contributed by atoms with Gasteiger partial charge in [-0.05, 0) is 30.4 Å². The summed E-state index contributed by atoms with van der Waals surface area (Å²) in [7, 11) is 0. The maximum absolute atomic E-state index is 10.5. The van der Waals surface area contributed by atoms with Crippen molar-refractivity contribution >= 4 is 0 Å². The zero-order valence-corrected chi connectivity index (χ0v) is 9.63. The lowest BCUT2D eigenvalue weighted by Crippen LogP contribution is -2.49. The molecule has 1 aromatic rings. The van der Waals surface area contributed by atoms with Gasteiger partial charge in [-0.2, -0.15) is 0 Å². The van der Waals surface area contributed by atoms with Crippen LogP contribution in [0.4, 0.5) is 0 Å². The Hall–Kier alpha value is -0.900. The van der Waals surface area contributed by atoms with Crippen LogP contribution in [0.2, 0.25) is 0 Å². The summed E-state index contributed by atoms with van der Waals surface area (Å²) in [5, 5.41) is 10.5. The predicted molar refractivity (Wildman–Crippen MR) is 61.5 cm³/mol. The third kappa shape index (κ3) is 1.33. The summed E-state index contributed by atoms with van der Waals surface area (Å²) in [5.41, 5.74) is 2.72. The molecule has 0 amide bonds. The summed E-state index contributed by atoms with van der Waals surface area (Å²) >= 11 is 0. The largest absolute Gasteiger partial charge is 0.387 e. The van der Waals surface area contributed by atoms with Gasteiger partial charge in [0.15, 0.2) is 6.29 Å². The van der Waals surface area contributed by atoms with Gasteiger partial charge in [0, 0.05) is 5.41 Å². The van der Waals surface area contributed by atoms with Gasteiger partial charge in [-0.1, -0.05) is 24.3 Å². The lowest BCUT2D eigenvalue weighted by molar-refractivity contribution is -0.203. The van der Waals surface area contributed by atoms with Gasteiger partial charge < -0.3 is 14.6 Å². The van der Waals surface area contributed by atoms with E-state index in [1.807, 2.05) is 0 Å². The number of rotatable bonds is 0. The number of fused-ring (bicyclic) bond motifs is 3. The van der Waals surface area contributed by atoms with Crippen LogP contribution < -0.4 is 0 Å². The molecule has 2 aliphatic heterocycles. The SMILES string of the molecule is O[C@@H]1[C@@H]2OC[C@H](CC13Cc1ccccc1C3)O2. The van der Waals surface area contributed by atoms with Crippen molar-refractivity contribution in [3.63, 3.8) is 0 Å². The highest BCUT2D eigenvalue weighted by Crippen LogP contribution is 2.49. The van der Waals surface area contributed by atoms with E-state index in [0.717, 1.165) is 19.3 Å². The van der Waals surface area contributed by atoms with Crippen LogP contribution in [0.15, 0.2) is 24.3 Å². The monoisotopic (exact) mass is 232 g/mol. The van der Waals surface area contributed by atoms with E-state index in [0.29, 0.717) is 6.61 Å². The lowest BCUT2D eigenvalue weighted by atomic mass is 9.73. The number of benzene rings is 1. The van der Waals surface area contributed by atoms with Gasteiger partial charge in [0.25, 0.3) is 0 Å². The first kappa shape index (κ1) is 10.1. The van der Waals surface area contributed by atoms with Gasteiger partial charge in [0.2, 0.25) is 0 Å². The molecule has 3 nitrogen and oxygen atoms in total. The Morgan fingerprint density at radius 3 is 2.59 bits per heavy atom. The first-order valence-electron chi connectivity index (χ1n) is 6.29. The van der Waals surface area contributed by atoms with Crippen LogP contribution in [0.25, 0.3) is 0 Å². The maximum atomic E-state index is 10.5. The second-order valence-corrected chi connectivity index (χ2v) is 5.59. The summed E-state index contributed by atoms with van der Waals surface area (Å²) in [4.78, 5) is 0. The molecule has 2 fully saturated rings. The molecule has 2 bridgehead atoms. The van der Waals surface area contributed by atoms with Crippen molar-refractivity contribution in [2.24, 2.45) is 5.41 Å². The molecule has 3 heteroatoms. The fraction of sp³-hybridized carbons (Fsp3) is 0.571. The average Bonchev–Trinajstić information content (AvgIpc) is 2.89. The topological polar surface area (TPSA) is 38.7 Å². The molecule has 1 aliphatic carbocycles. The minimum Gasteiger partial charge on any atom is -0.387 e. The molecule has 1 spiro atoms. The molecule has 2 heterocycles. The molecule has 4 rings (SSSR count). The number of hydrogen-bond acceptors (Lipinski definition) is 3. The van der Waals surface area contributed by atoms with Gasteiger partial charge in [-0.25, -0.2) is 0 Å². The molecule has 1 aromatic carbocycles. The average molecular weight is 232 g/mol. The van der Waals surface area contributed by atoms with E-state index >= 15 is 0 Å². The molecule has 3 aliphatic rings. The second kappa shape index (κ2) is 3.31. The molecular formula is C14H16O3. The molecule has 2 saturated heterocycles. The summed E-state index contributed by atoms with van der Waals surface area (Å²) in [5.74, 6) is 0. The summed E-state index contributed by atoms with van der Waals surface area (Å²) < 4.78 is 11.1. The molecule has 90 valence electrons. The van der Waals surface area contributed by atoms with Crippen LogP contribution in [-0.4, -0.2) is 30.2 Å². The third-order valence-corrected chi connectivity index (χ3v) is 4.50. The Balaban J connectivity index is 1.72. The summed E-state index contributed by atoms with van der Waals surface area (Å²) in [6, 6.07) is 8.51. The van der Waals surface area contributed by atoms with E-state index in [2.05, 4.69) is 24.3 Å². The van der Waals surface area contributed by atoms with Gasteiger partial charge in [-0.15, -0.1) is 0 Å². The summed E-state index contributed by atoms with van der Waals surface area (Å²) in [6.45, 7) is 0.639. The van der Waals surface area contributed by atoms with Crippen molar-refractivity contribution < 1.29 is 14.6 Å². The number of aliphatic hydroxyl groups is 1. The molecule has 1 N–H and O–H groups in total. The second-order valence-electron chi connectivity index (χ2n) is 5.59. The highest BCUT2D eigenvalue weighted by molar-refractivity contribution is 5.35. The fourth-order valence-electron chi connectivity index (χ4n) is 3.68. The predicted octanol–water partition coefficient (Wildman–Crippen LogP) is 1.28. The van der Waals surface area contributed by atoms with E-state index in [4.69, 9.17) is 9.47 Å². The highest BCUT2D eigenvalue weighted by atomic mass is 16.7. The number of aliphatic hydroxyl groups excluding tert-OH is 1. The Kier molecular flexibility index (Phi) is 1.96. The molecule has 0 aromatic heterocycles. The van der Waals surface area contributed by atoms with Crippen molar-refractivity contribution in [2.45, 2.75) is 37.8 Å². The van der Waals surface area contributed by atoms with Crippen molar-refractivity contribution in [3.05, 3.63) is 35.4 Å². The third-order valence-electron chi connectivity index (χ3n) is 4.50. The van der Waals surface area contributed by atoms with Crippen molar-refractivity contribution in [1.29, 1.82) is 0 Å². The molecular weight excluding hydrogens is 216 g/mol. The Morgan fingerprint density at radius 1 is 1.18 bits per heavy atom. The van der Waals surface area contributed by atoms with Crippen LogP contribution in [0.5, 0.6) is 0 Å². The Labute approximate surface area is 100 Å². The molecule has 0 unspecified atom stereocenters. The smallest absolute Gasteiger partial charge is 0.184 e. The molecule has 17 heavy (non-hydrogen) atoms. The quantitative estimate of drug-likeness (QED) is 0.732. The van der Waals surface area contributed by atoms with E-state index in [1.165, 1.54) is 11.1 Å². The minimum atomic E-state index is -0.492. The van der Waals surface area contributed by atoms with Gasteiger partial charge in [-0.3, -0.25) is 0 Å². The van der Waals surface area contributed by atoms with Crippen LogP contribution in [0.1, 0.15) is 17.5 Å². The van der Waals surface area contributed by atoms with Crippen LogP contribution in [0, 0.1) is 5.41 Å². The molecule has 0 saturated carbocycles. The Morgan fingerprint density at radius 2 is 1.88 bits per heavy atom. The number of hydrogen-bond donors (Lipinski definition) is 1. The molecule has 3 atom stereocenters. The first-order chi connectivity index (χ1) is 8.27. The normalized spacial score (nSPS) is 37.4. The maximum Gasteiger partial charge on any atom is 0.184 e. The van der Waals surface area contributed by atoms with Crippen molar-refractivity contribution in [2.75, 3.05) is 6.61 Å². The Bertz CT molecular complexity index is 432. The fourth-order valence-corrected chi connectivity index (χ4v) is 3.68. The van der Waals surface area contributed by atoms with E-state index in [-0.39, 0.29) is 11.5 Å². The minimum absolute atomic E-state index is 0.0478. The van der Waals surface area contributed by atoms with E-state index < -0.39 is 12.4 Å². The highest BCUT2D eigenvalue weighted by Gasteiger charge is 2.54. The van der Waals surface area contributed by atoms with Gasteiger partial charge >= 0.3 is 0 Å².